The minimum absolute atomic E-state index is 0.295. The van der Waals surface area contributed by atoms with Gasteiger partial charge in [-0.2, -0.15) is 0 Å². The Labute approximate surface area is 168 Å². The van der Waals surface area contributed by atoms with Gasteiger partial charge in [0.15, 0.2) is 0 Å². The quantitative estimate of drug-likeness (QED) is 0.635. The summed E-state index contributed by atoms with van der Waals surface area (Å²) in [4.78, 5) is 28.8. The molecule has 1 aliphatic rings. The fraction of sp³-hybridized carbons (Fsp3) is 0.130. The Hall–Kier alpha value is -3.18. The minimum Gasteiger partial charge on any atom is -0.350 e. The Morgan fingerprint density at radius 2 is 1.68 bits per heavy atom. The average molecular weight is 388 g/mol. The van der Waals surface area contributed by atoms with Crippen molar-refractivity contribution < 1.29 is 9.59 Å². The minimum atomic E-state index is -0.330. The molecular weight excluding hydrogens is 368 g/mol. The molecule has 0 unspecified atom stereocenters. The van der Waals surface area contributed by atoms with Crippen LogP contribution in [0, 0.1) is 20.8 Å². The van der Waals surface area contributed by atoms with Crippen LogP contribution in [0.3, 0.4) is 0 Å². The van der Waals surface area contributed by atoms with Gasteiger partial charge in [0, 0.05) is 10.6 Å². The summed E-state index contributed by atoms with van der Waals surface area (Å²) in [6.45, 7) is 5.90. The second-order valence-corrected chi connectivity index (χ2v) is 7.83. The third kappa shape index (κ3) is 3.04. The molecule has 1 N–H and O–H groups in total. The molecule has 0 fully saturated rings. The van der Waals surface area contributed by atoms with E-state index in [0.717, 1.165) is 27.3 Å². The highest BCUT2D eigenvalue weighted by molar-refractivity contribution is 7.11. The van der Waals surface area contributed by atoms with Crippen LogP contribution >= 0.6 is 11.3 Å². The number of rotatable bonds is 4. The molecule has 4 rings (SSSR count). The second kappa shape index (κ2) is 7.09. The zero-order chi connectivity index (χ0) is 19.8. The number of benzene rings is 2. The van der Waals surface area contributed by atoms with Gasteiger partial charge in [0.25, 0.3) is 11.8 Å². The van der Waals surface area contributed by atoms with Crippen LogP contribution in [0.4, 0.5) is 11.4 Å². The molecule has 28 heavy (non-hydrogen) atoms. The lowest BCUT2D eigenvalue weighted by atomic mass is 10.1. The molecule has 0 spiro atoms. The molecule has 1 aliphatic heterocycles. The van der Waals surface area contributed by atoms with Gasteiger partial charge in [-0.25, -0.2) is 4.90 Å². The summed E-state index contributed by atoms with van der Waals surface area (Å²) in [5.41, 5.74) is 5.19. The number of hydrogen-bond donors (Lipinski definition) is 1. The summed E-state index contributed by atoms with van der Waals surface area (Å²) in [5, 5.41) is 5.12. The van der Waals surface area contributed by atoms with Gasteiger partial charge < -0.3 is 5.32 Å². The highest BCUT2D eigenvalue weighted by atomic mass is 32.1. The van der Waals surface area contributed by atoms with Gasteiger partial charge in [-0.15, -0.1) is 11.3 Å². The number of hydrogen-bond acceptors (Lipinski definition) is 4. The second-order valence-electron chi connectivity index (χ2n) is 6.89. The Kier molecular flexibility index (Phi) is 4.61. The fourth-order valence-electron chi connectivity index (χ4n) is 3.36. The highest BCUT2D eigenvalue weighted by Crippen LogP contribution is 2.37. The maximum absolute atomic E-state index is 13.4. The number of carbonyl (C=O) groups excluding carboxylic acids is 2. The van der Waals surface area contributed by atoms with Gasteiger partial charge in [0.1, 0.15) is 5.70 Å². The number of aryl methyl sites for hydroxylation is 2. The average Bonchev–Trinajstić information content (AvgIpc) is 3.26. The molecule has 1 aromatic heterocycles. The fourth-order valence-corrected chi connectivity index (χ4v) is 4.13. The number of imide groups is 1. The predicted molar refractivity (Wildman–Crippen MR) is 114 cm³/mol. The van der Waals surface area contributed by atoms with E-state index in [1.807, 2.05) is 80.7 Å². The molecule has 2 aromatic carbocycles. The molecule has 3 aromatic rings. The van der Waals surface area contributed by atoms with Crippen molar-refractivity contribution in [1.29, 1.82) is 0 Å². The first-order valence-corrected chi connectivity index (χ1v) is 9.92. The maximum Gasteiger partial charge on any atom is 0.282 e. The van der Waals surface area contributed by atoms with Crippen LogP contribution in [0.2, 0.25) is 0 Å². The molecule has 2 heterocycles. The van der Waals surface area contributed by atoms with Crippen molar-refractivity contribution in [2.45, 2.75) is 20.8 Å². The van der Waals surface area contributed by atoms with Crippen LogP contribution in [-0.4, -0.2) is 11.8 Å². The van der Waals surface area contributed by atoms with Gasteiger partial charge >= 0.3 is 0 Å². The zero-order valence-electron chi connectivity index (χ0n) is 15.9. The summed E-state index contributed by atoms with van der Waals surface area (Å²) in [5.74, 6) is -0.625. The van der Waals surface area contributed by atoms with Crippen molar-refractivity contribution in [3.8, 4) is 0 Å². The summed E-state index contributed by atoms with van der Waals surface area (Å²) >= 11 is 1.45. The highest BCUT2D eigenvalue weighted by Gasteiger charge is 2.41. The van der Waals surface area contributed by atoms with Crippen LogP contribution in [-0.2, 0) is 9.59 Å². The van der Waals surface area contributed by atoms with Gasteiger partial charge in [0.2, 0.25) is 0 Å². The molecule has 0 aliphatic carbocycles. The molecule has 140 valence electrons. The van der Waals surface area contributed by atoms with E-state index in [2.05, 4.69) is 5.32 Å². The van der Waals surface area contributed by atoms with Crippen molar-refractivity contribution >= 4 is 40.1 Å². The molecule has 0 saturated carbocycles. The Balaban J connectivity index is 1.83. The van der Waals surface area contributed by atoms with Crippen LogP contribution in [0.15, 0.2) is 65.7 Å². The third-order valence-electron chi connectivity index (χ3n) is 4.96. The summed E-state index contributed by atoms with van der Waals surface area (Å²) < 4.78 is 0. The lowest BCUT2D eigenvalue weighted by molar-refractivity contribution is -0.120. The number of thiophene rings is 1. The number of nitrogens with one attached hydrogen (secondary N) is 1. The van der Waals surface area contributed by atoms with Gasteiger partial charge in [0.05, 0.1) is 11.3 Å². The van der Waals surface area contributed by atoms with E-state index in [9.17, 15) is 9.59 Å². The van der Waals surface area contributed by atoms with Crippen molar-refractivity contribution in [3.05, 3.63) is 87.2 Å². The molecular formula is C23H20N2O2S. The van der Waals surface area contributed by atoms with Gasteiger partial charge in [-0.3, -0.25) is 9.59 Å². The largest absolute Gasteiger partial charge is 0.350 e. The van der Waals surface area contributed by atoms with E-state index < -0.39 is 0 Å². The first kappa shape index (κ1) is 18.2. The van der Waals surface area contributed by atoms with Gasteiger partial charge in [-0.05, 0) is 67.1 Å². The first-order valence-electron chi connectivity index (χ1n) is 9.04. The molecule has 4 nitrogen and oxygen atoms in total. The van der Waals surface area contributed by atoms with Crippen molar-refractivity contribution in [3.63, 3.8) is 0 Å². The van der Waals surface area contributed by atoms with E-state index in [1.54, 1.807) is 0 Å². The van der Waals surface area contributed by atoms with Crippen LogP contribution in [0.25, 0.3) is 5.57 Å². The molecule has 0 saturated heterocycles. The zero-order valence-corrected chi connectivity index (χ0v) is 16.8. The Morgan fingerprint density at radius 1 is 0.893 bits per heavy atom. The Bertz CT molecular complexity index is 1110. The topological polar surface area (TPSA) is 49.4 Å². The van der Waals surface area contributed by atoms with Crippen LogP contribution in [0.5, 0.6) is 0 Å². The van der Waals surface area contributed by atoms with Crippen molar-refractivity contribution in [2.24, 2.45) is 0 Å². The van der Waals surface area contributed by atoms with E-state index in [-0.39, 0.29) is 11.8 Å². The van der Waals surface area contributed by atoms with Gasteiger partial charge in [-0.1, -0.05) is 30.3 Å². The SMILES string of the molecule is Cc1cccc(NC2=C(c3cccs3)C(=O)N(c3cccc(C)c3C)C2=O)c1. The standard InChI is InChI=1S/C23H20N2O2S/c1-14-7-4-9-17(13-14)24-21-20(19-11-6-12-28-19)22(26)25(23(21)27)18-10-5-8-15(2)16(18)3/h4-13,24H,1-3H3. The Morgan fingerprint density at radius 3 is 2.39 bits per heavy atom. The lowest BCUT2D eigenvalue weighted by Crippen LogP contribution is -2.33. The summed E-state index contributed by atoms with van der Waals surface area (Å²) in [6, 6.07) is 17.2. The molecule has 0 radical (unpaired) electrons. The lowest BCUT2D eigenvalue weighted by Gasteiger charge is -2.19. The van der Waals surface area contributed by atoms with E-state index in [0.29, 0.717) is 17.0 Å². The summed E-state index contributed by atoms with van der Waals surface area (Å²) in [7, 11) is 0. The van der Waals surface area contributed by atoms with E-state index in [1.165, 1.54) is 16.2 Å². The molecule has 0 bridgehead atoms. The van der Waals surface area contributed by atoms with E-state index in [4.69, 9.17) is 0 Å². The maximum atomic E-state index is 13.4. The monoisotopic (exact) mass is 388 g/mol. The number of anilines is 2. The van der Waals surface area contributed by atoms with Crippen molar-refractivity contribution in [2.75, 3.05) is 10.2 Å². The molecule has 0 atom stereocenters. The van der Waals surface area contributed by atoms with Crippen LogP contribution in [0.1, 0.15) is 21.6 Å². The number of amides is 2. The van der Waals surface area contributed by atoms with Crippen LogP contribution < -0.4 is 10.2 Å². The smallest absolute Gasteiger partial charge is 0.282 e. The molecule has 5 heteroatoms. The third-order valence-corrected chi connectivity index (χ3v) is 5.84. The number of carbonyl (C=O) groups is 2. The first-order chi connectivity index (χ1) is 13.5. The summed E-state index contributed by atoms with van der Waals surface area (Å²) in [6.07, 6.45) is 0. The normalized spacial score (nSPS) is 14.2. The van der Waals surface area contributed by atoms with E-state index >= 15 is 0 Å². The predicted octanol–water partition coefficient (Wildman–Crippen LogP) is 5.07. The molecule has 2 amide bonds. The van der Waals surface area contributed by atoms with Crippen molar-refractivity contribution in [1.82, 2.24) is 0 Å². The number of nitrogens with zero attached hydrogens (tertiary/aromatic N) is 1.